The standard InChI is InChI=1S/C35H38N2O7/c1-8-10-36-32-17-12-15(3)22(16(4)38)31-29-23(17)28-25(34(32)41)19(40)14-21(43-6)26(28)27-20(42-5)13-18(39)24(30(27)29)33(35(31)44-7)37-11-9-2/h12-14,22-23,34,36-37,41H,8-11H2,1-7H3. The van der Waals surface area contributed by atoms with Gasteiger partial charge in [-0.25, -0.2) is 0 Å². The fraction of sp³-hybridized carbons (Fsp3) is 0.400. The first-order valence-electron chi connectivity index (χ1n) is 15.1. The fourth-order valence-corrected chi connectivity index (χ4v) is 7.57. The van der Waals surface area contributed by atoms with Crippen molar-refractivity contribution < 1.29 is 33.7 Å². The van der Waals surface area contributed by atoms with Crippen molar-refractivity contribution in [1.29, 1.82) is 0 Å². The number of carbonyl (C=O) groups excluding carboxylic acids is 3. The van der Waals surface area contributed by atoms with Gasteiger partial charge in [-0.15, -0.1) is 0 Å². The van der Waals surface area contributed by atoms with E-state index in [4.69, 9.17) is 14.2 Å². The average Bonchev–Trinajstić information content (AvgIpc) is 3.13. The van der Waals surface area contributed by atoms with E-state index in [1.54, 1.807) is 14.0 Å². The first-order chi connectivity index (χ1) is 21.2. The Balaban J connectivity index is 1.91. The molecule has 0 fully saturated rings. The Labute approximate surface area is 257 Å². The number of ketones is 3. The molecule has 0 aromatic heterocycles. The van der Waals surface area contributed by atoms with Crippen molar-refractivity contribution in [2.45, 2.75) is 58.5 Å². The molecule has 3 unspecified atom stereocenters. The molecular weight excluding hydrogens is 560 g/mol. The molecule has 230 valence electrons. The highest BCUT2D eigenvalue weighted by Gasteiger charge is 2.52. The van der Waals surface area contributed by atoms with Gasteiger partial charge in [0.15, 0.2) is 11.6 Å². The predicted octanol–water partition coefficient (Wildman–Crippen LogP) is 4.76. The Bertz CT molecular complexity index is 1730. The molecule has 9 heteroatoms. The van der Waals surface area contributed by atoms with E-state index in [1.165, 1.54) is 26.4 Å². The van der Waals surface area contributed by atoms with Crippen molar-refractivity contribution in [3.8, 4) is 5.75 Å². The van der Waals surface area contributed by atoms with Crippen molar-refractivity contribution in [2.24, 2.45) is 0 Å². The van der Waals surface area contributed by atoms with E-state index >= 15 is 0 Å². The second-order valence-corrected chi connectivity index (χ2v) is 11.7. The van der Waals surface area contributed by atoms with E-state index in [0.29, 0.717) is 80.7 Å². The van der Waals surface area contributed by atoms with Gasteiger partial charge in [0.1, 0.15) is 29.2 Å². The van der Waals surface area contributed by atoms with Gasteiger partial charge in [0.2, 0.25) is 0 Å². The number of carbonyl (C=O) groups is 3. The first-order valence-corrected chi connectivity index (χ1v) is 15.1. The normalized spacial score (nSPS) is 23.0. The largest absolute Gasteiger partial charge is 0.496 e. The number of hydrogen-bond donors (Lipinski definition) is 3. The Morgan fingerprint density at radius 1 is 0.841 bits per heavy atom. The Kier molecular flexibility index (Phi) is 7.40. The number of methoxy groups -OCH3 is 3. The summed E-state index contributed by atoms with van der Waals surface area (Å²) in [5.41, 5.74) is 6.96. The zero-order valence-corrected chi connectivity index (χ0v) is 26.2. The van der Waals surface area contributed by atoms with E-state index in [2.05, 4.69) is 10.6 Å². The quantitative estimate of drug-likeness (QED) is 0.350. The number of allylic oxidation sites excluding steroid dienone is 7. The highest BCUT2D eigenvalue weighted by Crippen LogP contribution is 2.63. The van der Waals surface area contributed by atoms with Crippen LogP contribution in [0.2, 0.25) is 0 Å². The number of anilines is 1. The minimum Gasteiger partial charge on any atom is -0.496 e. The van der Waals surface area contributed by atoms with Crippen molar-refractivity contribution >= 4 is 28.6 Å². The zero-order chi connectivity index (χ0) is 31.6. The molecule has 0 saturated carbocycles. The van der Waals surface area contributed by atoms with Crippen LogP contribution in [-0.4, -0.2) is 63.0 Å². The van der Waals surface area contributed by atoms with Crippen LogP contribution in [0.4, 0.5) is 5.69 Å². The van der Waals surface area contributed by atoms with Gasteiger partial charge in [0.25, 0.3) is 0 Å². The molecule has 1 aromatic rings. The fourth-order valence-electron chi connectivity index (χ4n) is 7.57. The van der Waals surface area contributed by atoms with Crippen LogP contribution < -0.4 is 15.4 Å². The lowest BCUT2D eigenvalue weighted by atomic mass is 9.61. The van der Waals surface area contributed by atoms with Gasteiger partial charge in [0.05, 0.1) is 38.5 Å². The van der Waals surface area contributed by atoms with Gasteiger partial charge in [-0.1, -0.05) is 25.5 Å². The summed E-state index contributed by atoms with van der Waals surface area (Å²) < 4.78 is 17.8. The smallest absolute Gasteiger partial charge is 0.192 e. The van der Waals surface area contributed by atoms with Crippen LogP contribution in [0.25, 0.3) is 5.57 Å². The van der Waals surface area contributed by atoms with Crippen molar-refractivity contribution in [1.82, 2.24) is 5.32 Å². The predicted molar refractivity (Wildman–Crippen MR) is 166 cm³/mol. The molecule has 0 spiro atoms. The molecular formula is C35H38N2O7. The number of benzene rings is 1. The molecule has 5 aliphatic rings. The second-order valence-electron chi connectivity index (χ2n) is 11.7. The van der Waals surface area contributed by atoms with Crippen molar-refractivity contribution in [2.75, 3.05) is 39.7 Å². The maximum absolute atomic E-state index is 14.1. The Morgan fingerprint density at radius 3 is 2.09 bits per heavy atom. The summed E-state index contributed by atoms with van der Waals surface area (Å²) >= 11 is 0. The molecule has 1 aromatic carbocycles. The third-order valence-electron chi connectivity index (χ3n) is 9.16. The van der Waals surface area contributed by atoms with E-state index in [0.717, 1.165) is 24.0 Å². The van der Waals surface area contributed by atoms with Gasteiger partial charge < -0.3 is 30.0 Å². The summed E-state index contributed by atoms with van der Waals surface area (Å²) in [6.45, 7) is 8.65. The van der Waals surface area contributed by atoms with E-state index in [1.807, 2.05) is 26.8 Å². The zero-order valence-electron chi connectivity index (χ0n) is 26.2. The third-order valence-corrected chi connectivity index (χ3v) is 9.16. The highest BCUT2D eigenvalue weighted by molar-refractivity contribution is 6.21. The molecule has 3 N–H and O–H groups in total. The summed E-state index contributed by atoms with van der Waals surface area (Å²) in [7, 11) is 4.55. The molecule has 0 amide bonds. The molecule has 3 atom stereocenters. The summed E-state index contributed by atoms with van der Waals surface area (Å²) in [5, 5.41) is 18.8. The summed E-state index contributed by atoms with van der Waals surface area (Å²) in [6.07, 6.45) is 5.15. The molecule has 5 aliphatic carbocycles. The lowest BCUT2D eigenvalue weighted by Gasteiger charge is -2.44. The number of Topliss-reactive ketones (excluding diaryl/α,β-unsaturated/α-hetero) is 1. The van der Waals surface area contributed by atoms with Gasteiger partial charge in [-0.3, -0.25) is 14.4 Å². The van der Waals surface area contributed by atoms with Crippen LogP contribution in [-0.2, 0) is 19.1 Å². The van der Waals surface area contributed by atoms with Gasteiger partial charge in [-0.05, 0) is 43.4 Å². The van der Waals surface area contributed by atoms with Crippen LogP contribution in [0.1, 0.15) is 79.4 Å². The summed E-state index contributed by atoms with van der Waals surface area (Å²) in [5.74, 6) is -0.953. The third kappa shape index (κ3) is 3.91. The molecule has 44 heavy (non-hydrogen) atoms. The van der Waals surface area contributed by atoms with Gasteiger partial charge in [0, 0.05) is 64.7 Å². The molecule has 0 radical (unpaired) electrons. The van der Waals surface area contributed by atoms with Gasteiger partial charge in [-0.2, -0.15) is 0 Å². The number of aliphatic hydroxyl groups excluding tert-OH is 1. The Hall–Kier alpha value is -4.37. The second kappa shape index (κ2) is 11.0. The number of hydrogen-bond acceptors (Lipinski definition) is 9. The minimum absolute atomic E-state index is 0.0927. The van der Waals surface area contributed by atoms with E-state index in [-0.39, 0.29) is 22.9 Å². The number of nitrogens with one attached hydrogen (secondary N) is 2. The van der Waals surface area contributed by atoms with E-state index in [9.17, 15) is 19.5 Å². The topological polar surface area (TPSA) is 123 Å². The average molecular weight is 599 g/mol. The molecule has 0 aliphatic heterocycles. The highest BCUT2D eigenvalue weighted by atomic mass is 16.5. The monoisotopic (exact) mass is 598 g/mol. The van der Waals surface area contributed by atoms with Crippen LogP contribution in [0, 0.1) is 0 Å². The molecule has 6 rings (SSSR count). The molecule has 0 saturated heterocycles. The maximum Gasteiger partial charge on any atom is 0.192 e. The lowest BCUT2D eigenvalue weighted by Crippen LogP contribution is -2.40. The van der Waals surface area contributed by atoms with Crippen LogP contribution >= 0.6 is 0 Å². The van der Waals surface area contributed by atoms with Crippen LogP contribution in [0.5, 0.6) is 5.75 Å². The molecule has 0 heterocycles. The minimum atomic E-state index is -1.24. The number of aliphatic hydroxyl groups is 1. The lowest BCUT2D eigenvalue weighted by molar-refractivity contribution is -0.117. The van der Waals surface area contributed by atoms with Crippen molar-refractivity contribution in [3.63, 3.8) is 0 Å². The Morgan fingerprint density at radius 2 is 1.48 bits per heavy atom. The molecule has 9 nitrogen and oxygen atoms in total. The SMILES string of the molecule is CCCNC1=C2C=C(C)C(C(C)=O)c3c(OC)c(NCCC)c4c5c3C2C2=C(C(=O)C=C(OC)C2=C5C(OC)=CC4=O)C1O. The van der Waals surface area contributed by atoms with Gasteiger partial charge >= 0.3 is 0 Å². The summed E-state index contributed by atoms with van der Waals surface area (Å²) in [6, 6.07) is 0. The summed E-state index contributed by atoms with van der Waals surface area (Å²) in [4.78, 5) is 41.5. The number of rotatable bonds is 10. The molecule has 0 bridgehead atoms. The van der Waals surface area contributed by atoms with E-state index < -0.39 is 17.9 Å². The maximum atomic E-state index is 14.1. The van der Waals surface area contributed by atoms with Crippen LogP contribution in [0.3, 0.4) is 0 Å². The van der Waals surface area contributed by atoms with Crippen LogP contribution in [0.15, 0.2) is 63.3 Å². The van der Waals surface area contributed by atoms with Crippen molar-refractivity contribution in [3.05, 3.63) is 85.6 Å². The first kappa shape index (κ1) is 29.7. The number of ether oxygens (including phenoxy) is 3.